The zero-order chi connectivity index (χ0) is 13.7. The van der Waals surface area contributed by atoms with Gasteiger partial charge in [0.05, 0.1) is 12.7 Å². The molecule has 0 aliphatic rings. The number of ether oxygens (including phenoxy) is 1. The number of pyridine rings is 2. The average molecular weight is 254 g/mol. The van der Waals surface area contributed by atoms with Gasteiger partial charge in [0.15, 0.2) is 0 Å². The maximum absolute atomic E-state index is 11.9. The number of nitriles is 1. The first kappa shape index (κ1) is 12.5. The molecule has 0 unspecified atom stereocenters. The van der Waals surface area contributed by atoms with Gasteiger partial charge >= 0.3 is 0 Å². The predicted octanol–water partition coefficient (Wildman–Crippen LogP) is 1.61. The fourth-order valence-corrected chi connectivity index (χ4v) is 1.38. The van der Waals surface area contributed by atoms with Crippen LogP contribution in [0.25, 0.3) is 0 Å². The second-order valence-electron chi connectivity index (χ2n) is 3.58. The SMILES string of the molecule is COc1ccnc(NC(=O)c2ccc(C#N)cn2)c1. The molecule has 2 heterocycles. The van der Waals surface area contributed by atoms with Crippen molar-refractivity contribution in [1.29, 1.82) is 5.26 Å². The fourth-order valence-electron chi connectivity index (χ4n) is 1.38. The summed E-state index contributed by atoms with van der Waals surface area (Å²) in [6, 6.07) is 8.22. The molecule has 2 aromatic rings. The second kappa shape index (κ2) is 5.60. The Morgan fingerprint density at radius 1 is 1.37 bits per heavy atom. The standard InChI is InChI=1S/C13H10N4O2/c1-19-10-4-5-15-12(6-10)17-13(18)11-3-2-9(7-14)8-16-11/h2-6,8H,1H3,(H,15,17,18). The van der Waals surface area contributed by atoms with Gasteiger partial charge in [-0.2, -0.15) is 5.26 Å². The normalized spacial score (nSPS) is 9.47. The lowest BCUT2D eigenvalue weighted by atomic mass is 10.2. The monoisotopic (exact) mass is 254 g/mol. The number of anilines is 1. The topological polar surface area (TPSA) is 87.9 Å². The van der Waals surface area contributed by atoms with Crippen LogP contribution < -0.4 is 10.1 Å². The van der Waals surface area contributed by atoms with Crippen molar-refractivity contribution in [3.05, 3.63) is 47.9 Å². The molecule has 0 aliphatic carbocycles. The number of nitrogens with zero attached hydrogens (tertiary/aromatic N) is 3. The van der Waals surface area contributed by atoms with Crippen molar-refractivity contribution in [2.45, 2.75) is 0 Å². The number of carbonyl (C=O) groups excluding carboxylic acids is 1. The van der Waals surface area contributed by atoms with Gasteiger partial charge in [-0.15, -0.1) is 0 Å². The van der Waals surface area contributed by atoms with E-state index in [1.54, 1.807) is 12.1 Å². The van der Waals surface area contributed by atoms with Crippen LogP contribution in [0.2, 0.25) is 0 Å². The Kier molecular flexibility index (Phi) is 3.69. The first-order valence-corrected chi connectivity index (χ1v) is 5.40. The largest absolute Gasteiger partial charge is 0.497 e. The van der Waals surface area contributed by atoms with Gasteiger partial charge in [0.25, 0.3) is 5.91 Å². The maximum Gasteiger partial charge on any atom is 0.275 e. The number of nitrogens with one attached hydrogen (secondary N) is 1. The highest BCUT2D eigenvalue weighted by molar-refractivity contribution is 6.02. The van der Waals surface area contributed by atoms with Crippen molar-refractivity contribution >= 4 is 11.7 Å². The molecular formula is C13H10N4O2. The molecule has 0 spiro atoms. The van der Waals surface area contributed by atoms with E-state index in [-0.39, 0.29) is 5.69 Å². The average Bonchev–Trinajstić information content (AvgIpc) is 2.47. The number of methoxy groups -OCH3 is 1. The summed E-state index contributed by atoms with van der Waals surface area (Å²) in [7, 11) is 1.53. The van der Waals surface area contributed by atoms with E-state index in [1.165, 1.54) is 31.6 Å². The van der Waals surface area contributed by atoms with Crippen LogP contribution in [0.15, 0.2) is 36.7 Å². The predicted molar refractivity (Wildman–Crippen MR) is 67.7 cm³/mol. The van der Waals surface area contributed by atoms with Crippen LogP contribution in [0.3, 0.4) is 0 Å². The van der Waals surface area contributed by atoms with E-state index in [4.69, 9.17) is 10.00 Å². The summed E-state index contributed by atoms with van der Waals surface area (Å²) in [5, 5.41) is 11.2. The van der Waals surface area contributed by atoms with Gasteiger partial charge in [-0.1, -0.05) is 0 Å². The fraction of sp³-hybridized carbons (Fsp3) is 0.0769. The van der Waals surface area contributed by atoms with Crippen molar-refractivity contribution in [2.24, 2.45) is 0 Å². The second-order valence-corrected chi connectivity index (χ2v) is 3.58. The first-order chi connectivity index (χ1) is 9.22. The number of aromatic nitrogens is 2. The van der Waals surface area contributed by atoms with Gasteiger partial charge in [0.2, 0.25) is 0 Å². The lowest BCUT2D eigenvalue weighted by Gasteiger charge is -2.05. The third-order valence-electron chi connectivity index (χ3n) is 2.33. The van der Waals surface area contributed by atoms with Crippen LogP contribution >= 0.6 is 0 Å². The van der Waals surface area contributed by atoms with E-state index < -0.39 is 5.91 Å². The van der Waals surface area contributed by atoms with Crippen LogP contribution in [0, 0.1) is 11.3 Å². The van der Waals surface area contributed by atoms with E-state index in [0.29, 0.717) is 17.1 Å². The molecule has 2 aromatic heterocycles. The molecule has 0 saturated carbocycles. The molecular weight excluding hydrogens is 244 g/mol. The number of hydrogen-bond acceptors (Lipinski definition) is 5. The van der Waals surface area contributed by atoms with Crippen molar-refractivity contribution in [3.8, 4) is 11.8 Å². The highest BCUT2D eigenvalue weighted by Gasteiger charge is 2.08. The summed E-state index contributed by atoms with van der Waals surface area (Å²) in [5.41, 5.74) is 0.611. The van der Waals surface area contributed by atoms with E-state index >= 15 is 0 Å². The van der Waals surface area contributed by atoms with Gasteiger partial charge in [-0.05, 0) is 18.2 Å². The van der Waals surface area contributed by atoms with Gasteiger partial charge in [-0.3, -0.25) is 4.79 Å². The van der Waals surface area contributed by atoms with Crippen molar-refractivity contribution in [1.82, 2.24) is 9.97 Å². The number of rotatable bonds is 3. The Bertz CT molecular complexity index is 632. The van der Waals surface area contributed by atoms with Gasteiger partial charge in [0.1, 0.15) is 23.3 Å². The highest BCUT2D eigenvalue weighted by Crippen LogP contribution is 2.14. The van der Waals surface area contributed by atoms with Crippen LogP contribution in [0.1, 0.15) is 16.1 Å². The lowest BCUT2D eigenvalue weighted by molar-refractivity contribution is 0.102. The molecule has 0 aliphatic heterocycles. The Balaban J connectivity index is 2.13. The molecule has 2 rings (SSSR count). The molecule has 6 heteroatoms. The van der Waals surface area contributed by atoms with E-state index in [1.807, 2.05) is 6.07 Å². The summed E-state index contributed by atoms with van der Waals surface area (Å²) in [4.78, 5) is 19.8. The molecule has 1 N–H and O–H groups in total. The highest BCUT2D eigenvalue weighted by atomic mass is 16.5. The molecule has 6 nitrogen and oxygen atoms in total. The Labute approximate surface area is 109 Å². The van der Waals surface area contributed by atoms with E-state index in [0.717, 1.165) is 0 Å². The minimum Gasteiger partial charge on any atom is -0.497 e. The Hall–Kier alpha value is -2.94. The third kappa shape index (κ3) is 3.04. The van der Waals surface area contributed by atoms with Gasteiger partial charge < -0.3 is 10.1 Å². The summed E-state index contributed by atoms with van der Waals surface area (Å²) >= 11 is 0. The Morgan fingerprint density at radius 2 is 2.21 bits per heavy atom. The Morgan fingerprint density at radius 3 is 2.84 bits per heavy atom. The molecule has 0 fully saturated rings. The first-order valence-electron chi connectivity index (χ1n) is 5.40. The molecule has 0 saturated heterocycles. The molecule has 0 radical (unpaired) electrons. The molecule has 0 aromatic carbocycles. The summed E-state index contributed by atoms with van der Waals surface area (Å²) in [5.74, 6) is 0.568. The van der Waals surface area contributed by atoms with Gasteiger partial charge in [0, 0.05) is 18.5 Å². The summed E-state index contributed by atoms with van der Waals surface area (Å²) < 4.78 is 5.03. The number of amides is 1. The minimum absolute atomic E-state index is 0.212. The van der Waals surface area contributed by atoms with Crippen LogP contribution in [-0.2, 0) is 0 Å². The number of hydrogen-bond donors (Lipinski definition) is 1. The lowest BCUT2D eigenvalue weighted by Crippen LogP contribution is -2.14. The van der Waals surface area contributed by atoms with Gasteiger partial charge in [-0.25, -0.2) is 9.97 Å². The van der Waals surface area contributed by atoms with E-state index in [2.05, 4.69) is 15.3 Å². The van der Waals surface area contributed by atoms with Crippen molar-refractivity contribution in [3.63, 3.8) is 0 Å². The molecule has 0 atom stereocenters. The van der Waals surface area contributed by atoms with Crippen molar-refractivity contribution < 1.29 is 9.53 Å². The minimum atomic E-state index is -0.398. The van der Waals surface area contributed by atoms with Crippen LogP contribution in [0.5, 0.6) is 5.75 Å². The smallest absolute Gasteiger partial charge is 0.275 e. The summed E-state index contributed by atoms with van der Waals surface area (Å²) in [6.45, 7) is 0. The maximum atomic E-state index is 11.9. The zero-order valence-electron chi connectivity index (χ0n) is 10.1. The molecule has 19 heavy (non-hydrogen) atoms. The molecule has 94 valence electrons. The zero-order valence-corrected chi connectivity index (χ0v) is 10.1. The van der Waals surface area contributed by atoms with E-state index in [9.17, 15) is 4.79 Å². The van der Waals surface area contributed by atoms with Crippen LogP contribution in [0.4, 0.5) is 5.82 Å². The molecule has 1 amide bonds. The third-order valence-corrected chi connectivity index (χ3v) is 2.33. The molecule has 0 bridgehead atoms. The summed E-state index contributed by atoms with van der Waals surface area (Å²) in [6.07, 6.45) is 2.87. The number of carbonyl (C=O) groups is 1. The van der Waals surface area contributed by atoms with Crippen molar-refractivity contribution in [2.75, 3.05) is 12.4 Å². The van der Waals surface area contributed by atoms with Crippen LogP contribution in [-0.4, -0.2) is 23.0 Å². The quantitative estimate of drug-likeness (QED) is 0.898.